The number of imidazole rings is 1. The van der Waals surface area contributed by atoms with E-state index in [0.29, 0.717) is 17.1 Å². The summed E-state index contributed by atoms with van der Waals surface area (Å²) in [5.41, 5.74) is 1.97. The number of benzene rings is 2. The van der Waals surface area contributed by atoms with Crippen LogP contribution in [0.15, 0.2) is 72.9 Å². The number of non-ortho nitro benzene ring substituents is 2. The van der Waals surface area contributed by atoms with Gasteiger partial charge < -0.3 is 0 Å². The second kappa shape index (κ2) is 6.34. The molecular weight excluding hydrogens is 348 g/mol. The number of nitro benzene ring substituents is 2. The SMILES string of the molecule is O=[N+]([O-])c1cc(-c2nc(-c3ccccc3)c3ccccn23)cc([N+](=O)[O-])c1. The van der Waals surface area contributed by atoms with E-state index in [-0.39, 0.29) is 11.4 Å². The van der Waals surface area contributed by atoms with Gasteiger partial charge in [-0.3, -0.25) is 24.6 Å². The monoisotopic (exact) mass is 360 g/mol. The lowest BCUT2D eigenvalue weighted by atomic mass is 10.1. The molecule has 0 amide bonds. The zero-order chi connectivity index (χ0) is 19.0. The predicted octanol–water partition coefficient (Wildman–Crippen LogP) is 4.48. The van der Waals surface area contributed by atoms with Gasteiger partial charge in [0.05, 0.1) is 27.1 Å². The molecular formula is C19H12N4O4. The molecule has 2 aromatic carbocycles. The topological polar surface area (TPSA) is 104 Å². The lowest BCUT2D eigenvalue weighted by Crippen LogP contribution is -1.95. The molecule has 0 aliphatic carbocycles. The highest BCUT2D eigenvalue weighted by Crippen LogP contribution is 2.33. The quantitative estimate of drug-likeness (QED) is 0.394. The average Bonchev–Trinajstić information content (AvgIpc) is 3.08. The Kier molecular flexibility index (Phi) is 3.85. The number of aromatic nitrogens is 2. The van der Waals surface area contributed by atoms with Crippen molar-refractivity contribution in [2.75, 3.05) is 0 Å². The van der Waals surface area contributed by atoms with Gasteiger partial charge in [0, 0.05) is 29.5 Å². The largest absolute Gasteiger partial charge is 0.299 e. The third-order valence-electron chi connectivity index (χ3n) is 4.18. The second-order valence-electron chi connectivity index (χ2n) is 5.86. The molecule has 0 unspecified atom stereocenters. The van der Waals surface area contributed by atoms with Crippen LogP contribution in [0.5, 0.6) is 0 Å². The molecule has 0 spiro atoms. The minimum Gasteiger partial charge on any atom is -0.299 e. The van der Waals surface area contributed by atoms with Gasteiger partial charge in [-0.1, -0.05) is 36.4 Å². The van der Waals surface area contributed by atoms with E-state index in [1.807, 2.05) is 42.5 Å². The lowest BCUT2D eigenvalue weighted by molar-refractivity contribution is -0.394. The summed E-state index contributed by atoms with van der Waals surface area (Å²) < 4.78 is 1.77. The lowest BCUT2D eigenvalue weighted by Gasteiger charge is -2.02. The summed E-state index contributed by atoms with van der Waals surface area (Å²) in [6.07, 6.45) is 1.77. The predicted molar refractivity (Wildman–Crippen MR) is 99.4 cm³/mol. The molecule has 8 nitrogen and oxygen atoms in total. The van der Waals surface area contributed by atoms with Crippen LogP contribution in [0.25, 0.3) is 28.2 Å². The Morgan fingerprint density at radius 2 is 1.41 bits per heavy atom. The molecule has 0 atom stereocenters. The minimum absolute atomic E-state index is 0.305. The molecule has 132 valence electrons. The van der Waals surface area contributed by atoms with Gasteiger partial charge in [0.1, 0.15) is 5.82 Å². The first-order valence-corrected chi connectivity index (χ1v) is 8.01. The van der Waals surface area contributed by atoms with Crippen molar-refractivity contribution in [1.82, 2.24) is 9.38 Å². The molecule has 0 aliphatic heterocycles. The molecule has 2 aromatic heterocycles. The summed E-state index contributed by atoms with van der Waals surface area (Å²) >= 11 is 0. The first-order valence-electron chi connectivity index (χ1n) is 8.01. The van der Waals surface area contributed by atoms with E-state index in [9.17, 15) is 20.2 Å². The van der Waals surface area contributed by atoms with E-state index in [1.54, 1.807) is 16.7 Å². The molecule has 0 radical (unpaired) electrons. The Balaban J connectivity index is 2.01. The Hall–Kier alpha value is -4.07. The average molecular weight is 360 g/mol. The van der Waals surface area contributed by atoms with Crippen LogP contribution in [-0.4, -0.2) is 19.2 Å². The van der Waals surface area contributed by atoms with Crippen molar-refractivity contribution >= 4 is 16.9 Å². The fourth-order valence-electron chi connectivity index (χ4n) is 2.98. The maximum Gasteiger partial charge on any atom is 0.277 e. The summed E-state index contributed by atoms with van der Waals surface area (Å²) in [5.74, 6) is 0.399. The Labute approximate surface area is 152 Å². The van der Waals surface area contributed by atoms with Crippen molar-refractivity contribution in [3.63, 3.8) is 0 Å². The summed E-state index contributed by atoms with van der Waals surface area (Å²) in [7, 11) is 0. The van der Waals surface area contributed by atoms with Crippen molar-refractivity contribution in [1.29, 1.82) is 0 Å². The standard InChI is InChI=1S/C19H12N4O4/c24-22(25)15-10-14(11-16(12-15)23(26)27)19-20-18(13-6-2-1-3-7-13)17-8-4-5-9-21(17)19/h1-12H. The number of nitro groups is 2. The van der Waals surface area contributed by atoms with E-state index in [1.165, 1.54) is 12.1 Å². The number of nitrogens with zero attached hydrogens (tertiary/aromatic N) is 4. The Morgan fingerprint density at radius 3 is 2.04 bits per heavy atom. The van der Waals surface area contributed by atoms with Crippen molar-refractivity contribution in [2.45, 2.75) is 0 Å². The van der Waals surface area contributed by atoms with Crippen molar-refractivity contribution in [3.05, 3.63) is 93.2 Å². The molecule has 4 aromatic rings. The number of fused-ring (bicyclic) bond motifs is 1. The first kappa shape index (κ1) is 16.4. The molecule has 8 heteroatoms. The minimum atomic E-state index is -0.648. The molecule has 0 fully saturated rings. The summed E-state index contributed by atoms with van der Waals surface area (Å²) in [4.78, 5) is 25.8. The highest BCUT2D eigenvalue weighted by atomic mass is 16.6. The van der Waals surface area contributed by atoms with Crippen LogP contribution in [0.4, 0.5) is 11.4 Å². The molecule has 4 rings (SSSR count). The van der Waals surface area contributed by atoms with Gasteiger partial charge in [-0.05, 0) is 12.1 Å². The van der Waals surface area contributed by atoms with Gasteiger partial charge in [-0.2, -0.15) is 0 Å². The third-order valence-corrected chi connectivity index (χ3v) is 4.18. The number of pyridine rings is 1. The fraction of sp³-hybridized carbons (Fsp3) is 0. The van der Waals surface area contributed by atoms with Gasteiger partial charge in [-0.15, -0.1) is 0 Å². The third kappa shape index (κ3) is 2.89. The van der Waals surface area contributed by atoms with Crippen LogP contribution in [0.1, 0.15) is 0 Å². The normalized spacial score (nSPS) is 10.8. The van der Waals surface area contributed by atoms with E-state index >= 15 is 0 Å². The Morgan fingerprint density at radius 1 is 0.778 bits per heavy atom. The first-order chi connectivity index (χ1) is 13.0. The van der Waals surface area contributed by atoms with Gasteiger partial charge in [0.25, 0.3) is 11.4 Å². The van der Waals surface area contributed by atoms with E-state index in [2.05, 4.69) is 4.98 Å². The van der Waals surface area contributed by atoms with Gasteiger partial charge in [0.15, 0.2) is 0 Å². The van der Waals surface area contributed by atoms with Crippen LogP contribution < -0.4 is 0 Å². The van der Waals surface area contributed by atoms with Crippen LogP contribution in [-0.2, 0) is 0 Å². The van der Waals surface area contributed by atoms with Crippen LogP contribution in [0.3, 0.4) is 0 Å². The molecule has 0 aliphatic rings. The van der Waals surface area contributed by atoms with E-state index in [0.717, 1.165) is 17.1 Å². The maximum absolute atomic E-state index is 11.2. The molecule has 0 saturated carbocycles. The summed E-state index contributed by atoms with van der Waals surface area (Å²) in [6.45, 7) is 0. The van der Waals surface area contributed by atoms with E-state index in [4.69, 9.17) is 0 Å². The summed E-state index contributed by atoms with van der Waals surface area (Å²) in [5, 5.41) is 22.4. The zero-order valence-corrected chi connectivity index (χ0v) is 13.9. The number of hydrogen-bond donors (Lipinski definition) is 0. The van der Waals surface area contributed by atoms with Gasteiger partial charge in [-0.25, -0.2) is 4.98 Å². The highest BCUT2D eigenvalue weighted by molar-refractivity contribution is 5.82. The zero-order valence-electron chi connectivity index (χ0n) is 13.9. The van der Waals surface area contributed by atoms with Gasteiger partial charge in [0.2, 0.25) is 0 Å². The van der Waals surface area contributed by atoms with Gasteiger partial charge >= 0.3 is 0 Å². The van der Waals surface area contributed by atoms with Crippen molar-refractivity contribution in [2.24, 2.45) is 0 Å². The number of hydrogen-bond acceptors (Lipinski definition) is 5. The van der Waals surface area contributed by atoms with E-state index < -0.39 is 9.85 Å². The Bertz CT molecular complexity index is 1150. The fourth-order valence-corrected chi connectivity index (χ4v) is 2.98. The van der Waals surface area contributed by atoms with Crippen LogP contribution >= 0.6 is 0 Å². The van der Waals surface area contributed by atoms with Crippen LogP contribution in [0.2, 0.25) is 0 Å². The second-order valence-corrected chi connectivity index (χ2v) is 5.86. The smallest absolute Gasteiger partial charge is 0.277 e. The van der Waals surface area contributed by atoms with Crippen molar-refractivity contribution in [3.8, 4) is 22.6 Å². The number of rotatable bonds is 4. The molecule has 27 heavy (non-hydrogen) atoms. The molecule has 0 saturated heterocycles. The van der Waals surface area contributed by atoms with Crippen LogP contribution in [0, 0.1) is 20.2 Å². The summed E-state index contributed by atoms with van der Waals surface area (Å²) in [6, 6.07) is 18.6. The molecule has 0 N–H and O–H groups in total. The highest BCUT2D eigenvalue weighted by Gasteiger charge is 2.21. The molecule has 0 bridgehead atoms. The molecule has 2 heterocycles. The van der Waals surface area contributed by atoms with Crippen molar-refractivity contribution < 1.29 is 9.85 Å². The maximum atomic E-state index is 11.2.